The lowest BCUT2D eigenvalue weighted by Gasteiger charge is -2.26. The Labute approximate surface area is 146 Å². The Hall–Kier alpha value is -1.89. The minimum Gasteiger partial charge on any atom is -0.468 e. The highest BCUT2D eigenvalue weighted by Crippen LogP contribution is 2.18. The van der Waals surface area contributed by atoms with Crippen molar-refractivity contribution >= 4 is 11.3 Å². The Morgan fingerprint density at radius 3 is 3.00 bits per heavy atom. The first-order chi connectivity index (χ1) is 11.8. The van der Waals surface area contributed by atoms with Crippen LogP contribution in [-0.4, -0.2) is 32.9 Å². The molecule has 4 rings (SSSR count). The fraction of sp³-hybridized carbons (Fsp3) is 0.389. The lowest BCUT2D eigenvalue weighted by molar-refractivity contribution is 0.210. The summed E-state index contributed by atoms with van der Waals surface area (Å²) in [6.45, 7) is 5.71. The quantitative estimate of drug-likeness (QED) is 0.689. The molecule has 0 aliphatic carbocycles. The number of fused-ring (bicyclic) bond motifs is 1. The summed E-state index contributed by atoms with van der Waals surface area (Å²) in [5.74, 6) is 2.17. The lowest BCUT2D eigenvalue weighted by atomic mass is 10.3. The summed E-state index contributed by atoms with van der Waals surface area (Å²) in [4.78, 5) is 11.0. The lowest BCUT2D eigenvalue weighted by Crippen LogP contribution is -2.32. The number of hydrogen-bond acceptors (Lipinski definition) is 5. The molecule has 4 heterocycles. The van der Waals surface area contributed by atoms with Gasteiger partial charge in [0, 0.05) is 37.3 Å². The van der Waals surface area contributed by atoms with Gasteiger partial charge in [-0.2, -0.15) is 0 Å². The third-order valence-corrected chi connectivity index (χ3v) is 5.19. The number of thiophene rings is 1. The van der Waals surface area contributed by atoms with E-state index in [4.69, 9.17) is 9.40 Å². The van der Waals surface area contributed by atoms with E-state index in [0.29, 0.717) is 0 Å². The highest BCUT2D eigenvalue weighted by atomic mass is 32.1. The van der Waals surface area contributed by atoms with Crippen LogP contribution < -0.4 is 0 Å². The Balaban J connectivity index is 1.37. The normalized spacial score (nSPS) is 15.1. The first kappa shape index (κ1) is 15.6. The highest BCUT2D eigenvalue weighted by molar-refractivity contribution is 7.09. The van der Waals surface area contributed by atoms with E-state index in [1.807, 2.05) is 23.5 Å². The molecule has 6 heteroatoms. The van der Waals surface area contributed by atoms with Crippen molar-refractivity contribution in [3.05, 3.63) is 64.3 Å². The van der Waals surface area contributed by atoms with Crippen molar-refractivity contribution < 1.29 is 4.42 Å². The van der Waals surface area contributed by atoms with Crippen LogP contribution in [0.4, 0.5) is 0 Å². The van der Waals surface area contributed by atoms with Gasteiger partial charge < -0.3 is 8.98 Å². The molecule has 0 fully saturated rings. The summed E-state index contributed by atoms with van der Waals surface area (Å²) in [6, 6.07) is 8.27. The molecule has 5 nitrogen and oxygen atoms in total. The second kappa shape index (κ2) is 6.93. The molecule has 0 aromatic carbocycles. The molecule has 3 aromatic rings. The molecule has 0 N–H and O–H groups in total. The fourth-order valence-corrected chi connectivity index (χ4v) is 3.94. The summed E-state index contributed by atoms with van der Waals surface area (Å²) in [7, 11) is 2.10. The van der Waals surface area contributed by atoms with Crippen LogP contribution >= 0.6 is 11.3 Å². The summed E-state index contributed by atoms with van der Waals surface area (Å²) >= 11 is 1.83. The average molecular weight is 342 g/mol. The fourth-order valence-electron chi connectivity index (χ4n) is 3.20. The first-order valence-corrected chi connectivity index (χ1v) is 9.15. The number of imidazole rings is 1. The van der Waals surface area contributed by atoms with E-state index in [2.05, 4.69) is 45.1 Å². The maximum atomic E-state index is 5.41. The molecule has 0 atom stereocenters. The monoisotopic (exact) mass is 342 g/mol. The highest BCUT2D eigenvalue weighted by Gasteiger charge is 2.19. The Bertz CT molecular complexity index is 763. The van der Waals surface area contributed by atoms with Crippen molar-refractivity contribution in [1.29, 1.82) is 0 Å². The van der Waals surface area contributed by atoms with Crippen molar-refractivity contribution in [3.8, 4) is 0 Å². The molecule has 0 unspecified atom stereocenters. The van der Waals surface area contributed by atoms with Gasteiger partial charge in [0.2, 0.25) is 0 Å². The van der Waals surface area contributed by atoms with Crippen LogP contribution in [0.5, 0.6) is 0 Å². The molecule has 0 spiro atoms. The van der Waals surface area contributed by atoms with Gasteiger partial charge in [-0.05, 0) is 30.6 Å². The van der Waals surface area contributed by atoms with Crippen LogP contribution in [0, 0.1) is 0 Å². The maximum Gasteiger partial charge on any atom is 0.123 e. The summed E-state index contributed by atoms with van der Waals surface area (Å²) in [6.07, 6.45) is 3.93. The molecule has 0 amide bonds. The molecule has 0 saturated heterocycles. The largest absolute Gasteiger partial charge is 0.468 e. The molecule has 24 heavy (non-hydrogen) atoms. The van der Waals surface area contributed by atoms with E-state index in [9.17, 15) is 0 Å². The number of hydrogen-bond donors (Lipinski definition) is 0. The van der Waals surface area contributed by atoms with E-state index in [1.165, 1.54) is 10.7 Å². The Morgan fingerprint density at radius 2 is 2.21 bits per heavy atom. The Kier molecular flexibility index (Phi) is 4.51. The predicted octanol–water partition coefficient (Wildman–Crippen LogP) is 3.19. The first-order valence-electron chi connectivity index (χ1n) is 8.27. The van der Waals surface area contributed by atoms with Crippen molar-refractivity contribution in [2.75, 3.05) is 13.6 Å². The van der Waals surface area contributed by atoms with Crippen LogP contribution in [0.25, 0.3) is 0 Å². The molecular weight excluding hydrogens is 320 g/mol. The zero-order valence-corrected chi connectivity index (χ0v) is 14.7. The summed E-state index contributed by atoms with van der Waals surface area (Å²) < 4.78 is 7.72. The van der Waals surface area contributed by atoms with Crippen molar-refractivity contribution in [2.45, 2.75) is 32.7 Å². The molecular formula is C18H22N4OS. The zero-order valence-electron chi connectivity index (χ0n) is 13.9. The van der Waals surface area contributed by atoms with Gasteiger partial charge in [0.1, 0.15) is 11.6 Å². The van der Waals surface area contributed by atoms with Gasteiger partial charge in [0.15, 0.2) is 0 Å². The van der Waals surface area contributed by atoms with Crippen LogP contribution in [0.1, 0.15) is 22.2 Å². The maximum absolute atomic E-state index is 5.41. The summed E-state index contributed by atoms with van der Waals surface area (Å²) in [5.41, 5.74) is 1.14. The minimum atomic E-state index is 0.805. The van der Waals surface area contributed by atoms with Gasteiger partial charge >= 0.3 is 0 Å². The molecule has 0 radical (unpaired) electrons. The number of rotatable bonds is 6. The number of nitrogens with zero attached hydrogens (tertiary/aromatic N) is 4. The van der Waals surface area contributed by atoms with Crippen LogP contribution in [0.15, 0.2) is 46.5 Å². The van der Waals surface area contributed by atoms with Gasteiger partial charge in [-0.3, -0.25) is 9.80 Å². The Morgan fingerprint density at radius 1 is 1.25 bits per heavy atom. The standard InChI is InChI=1S/C18H22N4OS/c1-20(12-16-4-2-8-23-16)10-15-11-22-7-6-21(14-18(22)19-15)13-17-5-3-9-24-17/h2-5,8-9,11H,6-7,10,12-14H2,1H3. The molecule has 0 bridgehead atoms. The summed E-state index contributed by atoms with van der Waals surface area (Å²) in [5, 5.41) is 2.15. The molecule has 1 aliphatic rings. The minimum absolute atomic E-state index is 0.805. The predicted molar refractivity (Wildman–Crippen MR) is 94.5 cm³/mol. The van der Waals surface area contributed by atoms with Crippen molar-refractivity contribution in [2.24, 2.45) is 0 Å². The molecule has 1 aliphatic heterocycles. The number of aromatic nitrogens is 2. The van der Waals surface area contributed by atoms with E-state index in [0.717, 1.165) is 50.7 Å². The van der Waals surface area contributed by atoms with Gasteiger partial charge in [-0.25, -0.2) is 4.98 Å². The van der Waals surface area contributed by atoms with Crippen LogP contribution in [0.2, 0.25) is 0 Å². The topological polar surface area (TPSA) is 37.4 Å². The third kappa shape index (κ3) is 3.61. The SMILES string of the molecule is CN(Cc1cn2c(n1)CN(Cc1cccs1)CC2)Cc1ccco1. The van der Waals surface area contributed by atoms with Crippen LogP contribution in [0.3, 0.4) is 0 Å². The average Bonchev–Trinajstić information content (AvgIpc) is 3.28. The van der Waals surface area contributed by atoms with Gasteiger partial charge in [0.25, 0.3) is 0 Å². The second-order valence-corrected chi connectivity index (χ2v) is 7.42. The molecule has 0 saturated carbocycles. The molecule has 126 valence electrons. The van der Waals surface area contributed by atoms with Gasteiger partial charge in [0.05, 0.1) is 25.0 Å². The third-order valence-electron chi connectivity index (χ3n) is 4.33. The number of furan rings is 1. The van der Waals surface area contributed by atoms with Gasteiger partial charge in [-0.15, -0.1) is 11.3 Å². The molecule has 3 aromatic heterocycles. The van der Waals surface area contributed by atoms with Crippen LogP contribution in [-0.2, 0) is 32.7 Å². The zero-order chi connectivity index (χ0) is 16.4. The van der Waals surface area contributed by atoms with E-state index in [1.54, 1.807) is 6.26 Å². The smallest absolute Gasteiger partial charge is 0.123 e. The van der Waals surface area contributed by atoms with E-state index < -0.39 is 0 Å². The van der Waals surface area contributed by atoms with E-state index in [-0.39, 0.29) is 0 Å². The second-order valence-electron chi connectivity index (χ2n) is 6.38. The van der Waals surface area contributed by atoms with Gasteiger partial charge in [-0.1, -0.05) is 6.07 Å². The van der Waals surface area contributed by atoms with Crippen molar-refractivity contribution in [1.82, 2.24) is 19.4 Å². The van der Waals surface area contributed by atoms with Crippen molar-refractivity contribution in [3.63, 3.8) is 0 Å². The van der Waals surface area contributed by atoms with E-state index >= 15 is 0 Å².